The number of para-hydroxylation sites is 1. The molecule has 1 saturated heterocycles. The molecule has 1 aliphatic heterocycles. The van der Waals surface area contributed by atoms with Crippen LogP contribution >= 0.6 is 0 Å². The Labute approximate surface area is 126 Å². The van der Waals surface area contributed by atoms with Gasteiger partial charge < -0.3 is 15.2 Å². The van der Waals surface area contributed by atoms with Gasteiger partial charge in [-0.3, -0.25) is 4.90 Å². The Morgan fingerprint density at radius 1 is 1.52 bits per heavy atom. The Balaban J connectivity index is 1.90. The van der Waals surface area contributed by atoms with E-state index in [1.54, 1.807) is 12.1 Å². The number of rotatable bonds is 4. The number of hydrogen-bond donors (Lipinski definition) is 1. The van der Waals surface area contributed by atoms with E-state index in [-0.39, 0.29) is 18.7 Å². The standard InChI is InChI=1S/C16H24N2O3/c1-11(2)18-7-8-20-13(9-18)10-21-16(19)14-6-4-5-12(3)15(14)17/h4-6,11,13H,7-10,17H2,1-3H3. The van der Waals surface area contributed by atoms with Crippen molar-refractivity contribution in [2.24, 2.45) is 0 Å². The maximum atomic E-state index is 12.1. The number of aryl methyl sites for hydroxylation is 1. The third kappa shape index (κ3) is 3.95. The van der Waals surface area contributed by atoms with Crippen molar-refractivity contribution in [2.45, 2.75) is 32.9 Å². The number of nitrogens with two attached hydrogens (primary N) is 1. The van der Waals surface area contributed by atoms with Crippen molar-refractivity contribution in [1.82, 2.24) is 4.90 Å². The number of anilines is 1. The average Bonchev–Trinajstić information content (AvgIpc) is 2.48. The topological polar surface area (TPSA) is 64.8 Å². The third-order valence-electron chi connectivity index (χ3n) is 3.84. The summed E-state index contributed by atoms with van der Waals surface area (Å²) in [6.07, 6.45) is -0.0730. The fourth-order valence-electron chi connectivity index (χ4n) is 2.42. The molecular weight excluding hydrogens is 268 g/mol. The van der Waals surface area contributed by atoms with Gasteiger partial charge in [0.15, 0.2) is 0 Å². The highest BCUT2D eigenvalue weighted by atomic mass is 16.6. The average molecular weight is 292 g/mol. The smallest absolute Gasteiger partial charge is 0.340 e. The summed E-state index contributed by atoms with van der Waals surface area (Å²) in [6, 6.07) is 5.84. The van der Waals surface area contributed by atoms with Gasteiger partial charge >= 0.3 is 5.97 Å². The third-order valence-corrected chi connectivity index (χ3v) is 3.84. The van der Waals surface area contributed by atoms with Crippen LogP contribution in [-0.4, -0.2) is 49.3 Å². The number of nitrogen functional groups attached to an aromatic ring is 1. The van der Waals surface area contributed by atoms with Gasteiger partial charge in [0.1, 0.15) is 12.7 Å². The van der Waals surface area contributed by atoms with E-state index in [4.69, 9.17) is 15.2 Å². The minimum Gasteiger partial charge on any atom is -0.459 e. The highest BCUT2D eigenvalue weighted by Crippen LogP contribution is 2.18. The van der Waals surface area contributed by atoms with Gasteiger partial charge in [0, 0.05) is 24.8 Å². The molecule has 0 aliphatic carbocycles. The fraction of sp³-hybridized carbons (Fsp3) is 0.562. The number of carbonyl (C=O) groups excluding carboxylic acids is 1. The number of nitrogens with zero attached hydrogens (tertiary/aromatic N) is 1. The summed E-state index contributed by atoms with van der Waals surface area (Å²) in [5.41, 5.74) is 7.70. The quantitative estimate of drug-likeness (QED) is 0.677. The van der Waals surface area contributed by atoms with Crippen LogP contribution in [0.3, 0.4) is 0 Å². The molecule has 0 saturated carbocycles. The van der Waals surface area contributed by atoms with Gasteiger partial charge in [-0.15, -0.1) is 0 Å². The van der Waals surface area contributed by atoms with Gasteiger partial charge in [-0.25, -0.2) is 4.79 Å². The van der Waals surface area contributed by atoms with Gasteiger partial charge in [0.2, 0.25) is 0 Å². The monoisotopic (exact) mass is 292 g/mol. The summed E-state index contributed by atoms with van der Waals surface area (Å²) >= 11 is 0. The number of esters is 1. The zero-order valence-corrected chi connectivity index (χ0v) is 13.0. The summed E-state index contributed by atoms with van der Waals surface area (Å²) < 4.78 is 11.0. The van der Waals surface area contributed by atoms with Crippen LogP contribution in [0.25, 0.3) is 0 Å². The van der Waals surface area contributed by atoms with Crippen LogP contribution in [0.2, 0.25) is 0 Å². The molecule has 5 nitrogen and oxygen atoms in total. The van der Waals surface area contributed by atoms with Crippen LogP contribution in [-0.2, 0) is 9.47 Å². The minimum absolute atomic E-state index is 0.0730. The lowest BCUT2D eigenvalue weighted by atomic mass is 10.1. The van der Waals surface area contributed by atoms with Crippen molar-refractivity contribution in [2.75, 3.05) is 32.0 Å². The van der Waals surface area contributed by atoms with E-state index in [1.165, 1.54) is 0 Å². The molecule has 1 atom stereocenters. The molecule has 0 amide bonds. The highest BCUT2D eigenvalue weighted by molar-refractivity contribution is 5.95. The zero-order valence-electron chi connectivity index (χ0n) is 13.0. The molecule has 0 radical (unpaired) electrons. The van der Waals surface area contributed by atoms with Crippen molar-refractivity contribution in [1.29, 1.82) is 0 Å². The SMILES string of the molecule is Cc1cccc(C(=O)OCC2CN(C(C)C)CCO2)c1N. The predicted molar refractivity (Wildman–Crippen MR) is 82.3 cm³/mol. The molecule has 5 heteroatoms. The Morgan fingerprint density at radius 3 is 3.00 bits per heavy atom. The summed E-state index contributed by atoms with van der Waals surface area (Å²) in [6.45, 7) is 8.82. The lowest BCUT2D eigenvalue weighted by molar-refractivity contribution is -0.0662. The first-order valence-electron chi connectivity index (χ1n) is 7.37. The Kier molecular flexibility index (Phi) is 5.20. The summed E-state index contributed by atoms with van der Waals surface area (Å²) in [4.78, 5) is 14.4. The first-order chi connectivity index (χ1) is 9.99. The van der Waals surface area contributed by atoms with Crippen molar-refractivity contribution < 1.29 is 14.3 Å². The van der Waals surface area contributed by atoms with Crippen molar-refractivity contribution in [3.8, 4) is 0 Å². The summed E-state index contributed by atoms with van der Waals surface area (Å²) in [7, 11) is 0. The van der Waals surface area contributed by atoms with E-state index in [0.29, 0.717) is 23.9 Å². The molecule has 116 valence electrons. The van der Waals surface area contributed by atoms with E-state index >= 15 is 0 Å². The maximum Gasteiger partial charge on any atom is 0.340 e. The number of morpholine rings is 1. The highest BCUT2D eigenvalue weighted by Gasteiger charge is 2.24. The van der Waals surface area contributed by atoms with E-state index in [9.17, 15) is 4.79 Å². The number of hydrogen-bond acceptors (Lipinski definition) is 5. The van der Waals surface area contributed by atoms with E-state index < -0.39 is 0 Å². The molecule has 21 heavy (non-hydrogen) atoms. The number of ether oxygens (including phenoxy) is 2. The van der Waals surface area contributed by atoms with Gasteiger partial charge in [-0.2, -0.15) is 0 Å². The second kappa shape index (κ2) is 6.91. The van der Waals surface area contributed by atoms with Gasteiger partial charge in [-0.1, -0.05) is 12.1 Å². The zero-order chi connectivity index (χ0) is 15.4. The molecular formula is C16H24N2O3. The lowest BCUT2D eigenvalue weighted by Crippen LogP contribution is -2.47. The van der Waals surface area contributed by atoms with Gasteiger partial charge in [0.25, 0.3) is 0 Å². The molecule has 1 aromatic carbocycles. The molecule has 0 spiro atoms. The molecule has 2 rings (SSSR count). The molecule has 1 heterocycles. The summed E-state index contributed by atoms with van der Waals surface area (Å²) in [5, 5.41) is 0. The fourth-order valence-corrected chi connectivity index (χ4v) is 2.42. The predicted octanol–water partition coefficient (Wildman–Crippen LogP) is 1.84. The minimum atomic E-state index is -0.388. The van der Waals surface area contributed by atoms with E-state index in [2.05, 4.69) is 18.7 Å². The molecule has 1 fully saturated rings. The molecule has 2 N–H and O–H groups in total. The second-order valence-corrected chi connectivity index (χ2v) is 5.72. The van der Waals surface area contributed by atoms with Crippen molar-refractivity contribution in [3.05, 3.63) is 29.3 Å². The van der Waals surface area contributed by atoms with E-state index in [1.807, 2.05) is 13.0 Å². The van der Waals surface area contributed by atoms with Crippen LogP contribution in [0.1, 0.15) is 29.8 Å². The molecule has 1 aromatic rings. The first-order valence-corrected chi connectivity index (χ1v) is 7.37. The Bertz CT molecular complexity index is 502. The molecule has 0 bridgehead atoms. The lowest BCUT2D eigenvalue weighted by Gasteiger charge is -2.35. The molecule has 0 aromatic heterocycles. The normalized spacial score (nSPS) is 19.7. The van der Waals surface area contributed by atoms with Crippen LogP contribution in [0, 0.1) is 6.92 Å². The largest absolute Gasteiger partial charge is 0.459 e. The Morgan fingerprint density at radius 2 is 2.29 bits per heavy atom. The van der Waals surface area contributed by atoms with Crippen LogP contribution in [0.15, 0.2) is 18.2 Å². The van der Waals surface area contributed by atoms with Crippen LogP contribution in [0.4, 0.5) is 5.69 Å². The summed E-state index contributed by atoms with van der Waals surface area (Å²) in [5.74, 6) is -0.388. The Hall–Kier alpha value is -1.59. The van der Waals surface area contributed by atoms with Gasteiger partial charge in [-0.05, 0) is 32.4 Å². The van der Waals surface area contributed by atoms with Crippen LogP contribution in [0.5, 0.6) is 0 Å². The number of carbonyl (C=O) groups is 1. The van der Waals surface area contributed by atoms with E-state index in [0.717, 1.165) is 18.7 Å². The maximum absolute atomic E-state index is 12.1. The van der Waals surface area contributed by atoms with Crippen molar-refractivity contribution >= 4 is 11.7 Å². The number of benzene rings is 1. The van der Waals surface area contributed by atoms with Crippen LogP contribution < -0.4 is 5.73 Å². The van der Waals surface area contributed by atoms with Crippen molar-refractivity contribution in [3.63, 3.8) is 0 Å². The molecule has 1 aliphatic rings. The second-order valence-electron chi connectivity index (χ2n) is 5.72. The van der Waals surface area contributed by atoms with Gasteiger partial charge in [0.05, 0.1) is 12.2 Å². The molecule has 1 unspecified atom stereocenters. The first kappa shape index (κ1) is 15.8.